The highest BCUT2D eigenvalue weighted by atomic mass is 16.2. The summed E-state index contributed by atoms with van der Waals surface area (Å²) in [6, 6.07) is 8.07. The van der Waals surface area contributed by atoms with Crippen LogP contribution < -0.4 is 5.32 Å². The van der Waals surface area contributed by atoms with Gasteiger partial charge in [0.25, 0.3) is 5.91 Å². The van der Waals surface area contributed by atoms with Crippen molar-refractivity contribution in [1.82, 2.24) is 15.2 Å². The van der Waals surface area contributed by atoms with Crippen molar-refractivity contribution >= 4 is 22.7 Å². The van der Waals surface area contributed by atoms with Crippen molar-refractivity contribution in [2.75, 3.05) is 13.1 Å². The Morgan fingerprint density at radius 1 is 1.32 bits per heavy atom. The lowest BCUT2D eigenvalue weighted by molar-refractivity contribution is -0.120. The van der Waals surface area contributed by atoms with Gasteiger partial charge in [-0.3, -0.25) is 9.59 Å². The van der Waals surface area contributed by atoms with Crippen LogP contribution in [0.15, 0.2) is 24.3 Å². The van der Waals surface area contributed by atoms with Gasteiger partial charge in [-0.2, -0.15) is 0 Å². The Kier molecular flexibility index (Phi) is 3.88. The summed E-state index contributed by atoms with van der Waals surface area (Å²) in [7, 11) is 0. The molecule has 3 rings (SSSR count). The van der Waals surface area contributed by atoms with E-state index in [1.165, 1.54) is 6.92 Å². The average Bonchev–Trinajstić information content (AvgIpc) is 2.89. The predicted octanol–water partition coefficient (Wildman–Crippen LogP) is 2.22. The van der Waals surface area contributed by atoms with Crippen LogP contribution in [0.5, 0.6) is 0 Å². The molecule has 1 aromatic carbocycles. The molecule has 2 amide bonds. The van der Waals surface area contributed by atoms with Crippen LogP contribution in [0.1, 0.15) is 35.8 Å². The number of hydrogen-bond acceptors (Lipinski definition) is 2. The molecule has 0 saturated carbocycles. The Morgan fingerprint density at radius 3 is 2.91 bits per heavy atom. The first-order valence-electron chi connectivity index (χ1n) is 7.68. The van der Waals surface area contributed by atoms with Crippen molar-refractivity contribution in [2.24, 2.45) is 0 Å². The maximum atomic E-state index is 12.7. The van der Waals surface area contributed by atoms with Gasteiger partial charge < -0.3 is 15.2 Å². The molecule has 0 aliphatic carbocycles. The van der Waals surface area contributed by atoms with E-state index >= 15 is 0 Å². The van der Waals surface area contributed by atoms with E-state index in [0.717, 1.165) is 35.9 Å². The minimum absolute atomic E-state index is 0.00362. The summed E-state index contributed by atoms with van der Waals surface area (Å²) in [4.78, 5) is 28.9. The highest BCUT2D eigenvalue weighted by molar-refractivity contribution is 5.98. The number of carbonyl (C=O) groups is 2. The molecule has 1 aromatic heterocycles. The Balaban J connectivity index is 1.78. The van der Waals surface area contributed by atoms with Crippen molar-refractivity contribution in [3.63, 3.8) is 0 Å². The summed E-state index contributed by atoms with van der Waals surface area (Å²) in [6.45, 7) is 4.86. The van der Waals surface area contributed by atoms with Crippen LogP contribution >= 0.6 is 0 Å². The standard InChI is InChI=1S/C17H21N3O2/c1-11-5-6-13-9-16(19-15(13)8-11)17(22)20-7-3-4-14(10-20)18-12(2)21/h5-6,8-9,14,19H,3-4,7,10H2,1-2H3,(H,18,21)/t14-/m0/s1. The van der Waals surface area contributed by atoms with E-state index in [2.05, 4.69) is 10.3 Å². The van der Waals surface area contributed by atoms with E-state index in [-0.39, 0.29) is 17.9 Å². The maximum Gasteiger partial charge on any atom is 0.270 e. The monoisotopic (exact) mass is 299 g/mol. The van der Waals surface area contributed by atoms with Crippen LogP contribution in [0.3, 0.4) is 0 Å². The molecule has 5 nitrogen and oxygen atoms in total. The molecule has 1 saturated heterocycles. The molecule has 22 heavy (non-hydrogen) atoms. The second-order valence-electron chi connectivity index (χ2n) is 6.06. The number of aromatic amines is 1. The fourth-order valence-corrected chi connectivity index (χ4v) is 3.09. The predicted molar refractivity (Wildman–Crippen MR) is 85.8 cm³/mol. The van der Waals surface area contributed by atoms with Gasteiger partial charge in [-0.05, 0) is 37.5 Å². The largest absolute Gasteiger partial charge is 0.352 e. The molecular formula is C17H21N3O2. The summed E-state index contributed by atoms with van der Waals surface area (Å²) >= 11 is 0. The van der Waals surface area contributed by atoms with Gasteiger partial charge >= 0.3 is 0 Å². The van der Waals surface area contributed by atoms with Gasteiger partial charge in [0.05, 0.1) is 0 Å². The van der Waals surface area contributed by atoms with Crippen molar-refractivity contribution < 1.29 is 9.59 Å². The zero-order chi connectivity index (χ0) is 15.7. The lowest BCUT2D eigenvalue weighted by Crippen LogP contribution is -2.49. The number of nitrogens with one attached hydrogen (secondary N) is 2. The van der Waals surface area contributed by atoms with Crippen LogP contribution in [0.2, 0.25) is 0 Å². The number of amides is 2. The van der Waals surface area contributed by atoms with E-state index in [1.54, 1.807) is 0 Å². The van der Waals surface area contributed by atoms with Crippen LogP contribution in [-0.4, -0.2) is 40.8 Å². The van der Waals surface area contributed by atoms with Gasteiger partial charge in [0.1, 0.15) is 5.69 Å². The number of nitrogens with zero attached hydrogens (tertiary/aromatic N) is 1. The molecule has 2 heterocycles. The van der Waals surface area contributed by atoms with Crippen LogP contribution in [0.4, 0.5) is 0 Å². The maximum absolute atomic E-state index is 12.7. The number of likely N-dealkylation sites (tertiary alicyclic amines) is 1. The van der Waals surface area contributed by atoms with Gasteiger partial charge in [-0.25, -0.2) is 0 Å². The second kappa shape index (κ2) is 5.83. The van der Waals surface area contributed by atoms with E-state index < -0.39 is 0 Å². The van der Waals surface area contributed by atoms with Gasteiger partial charge in [-0.15, -0.1) is 0 Å². The number of benzene rings is 1. The molecule has 0 unspecified atom stereocenters. The summed E-state index contributed by atoms with van der Waals surface area (Å²) in [5.41, 5.74) is 2.76. The average molecular weight is 299 g/mol. The molecule has 2 N–H and O–H groups in total. The zero-order valence-corrected chi connectivity index (χ0v) is 13.0. The molecule has 1 atom stereocenters. The Hall–Kier alpha value is -2.30. The highest BCUT2D eigenvalue weighted by Crippen LogP contribution is 2.19. The molecule has 0 radical (unpaired) electrons. The van der Waals surface area contributed by atoms with Gasteiger partial charge in [0.2, 0.25) is 5.91 Å². The van der Waals surface area contributed by atoms with Crippen LogP contribution in [0, 0.1) is 6.92 Å². The van der Waals surface area contributed by atoms with Crippen molar-refractivity contribution in [3.8, 4) is 0 Å². The third-order valence-electron chi connectivity index (χ3n) is 4.12. The van der Waals surface area contributed by atoms with Crippen molar-refractivity contribution in [2.45, 2.75) is 32.7 Å². The first kappa shape index (κ1) is 14.6. The third kappa shape index (κ3) is 2.98. The minimum Gasteiger partial charge on any atom is -0.352 e. The first-order chi connectivity index (χ1) is 10.5. The number of fused-ring (bicyclic) bond motifs is 1. The molecule has 5 heteroatoms. The summed E-state index contributed by atoms with van der Waals surface area (Å²) < 4.78 is 0. The Morgan fingerprint density at radius 2 is 2.14 bits per heavy atom. The molecule has 116 valence electrons. The lowest BCUT2D eigenvalue weighted by atomic mass is 10.1. The zero-order valence-electron chi connectivity index (χ0n) is 13.0. The van der Waals surface area contributed by atoms with Crippen LogP contribution in [0.25, 0.3) is 10.9 Å². The molecule has 1 aliphatic rings. The summed E-state index contributed by atoms with van der Waals surface area (Å²) in [5.74, 6) is -0.0377. The number of rotatable bonds is 2. The molecule has 1 aliphatic heterocycles. The molecule has 0 spiro atoms. The molecular weight excluding hydrogens is 278 g/mol. The lowest BCUT2D eigenvalue weighted by Gasteiger charge is -2.32. The topological polar surface area (TPSA) is 65.2 Å². The molecule has 1 fully saturated rings. The SMILES string of the molecule is CC(=O)N[C@H]1CCCN(C(=O)c2cc3ccc(C)cc3[nH]2)C1. The normalized spacial score (nSPS) is 18.5. The van der Waals surface area contributed by atoms with Crippen molar-refractivity contribution in [1.29, 1.82) is 0 Å². The number of aromatic nitrogens is 1. The summed E-state index contributed by atoms with van der Waals surface area (Å²) in [6.07, 6.45) is 1.84. The molecule has 2 aromatic rings. The number of H-pyrrole nitrogens is 1. The fraction of sp³-hybridized carbons (Fsp3) is 0.412. The van der Waals surface area contributed by atoms with Gasteiger partial charge in [0, 0.05) is 37.0 Å². The Labute approximate surface area is 129 Å². The highest BCUT2D eigenvalue weighted by Gasteiger charge is 2.25. The number of carbonyl (C=O) groups excluding carboxylic acids is 2. The quantitative estimate of drug-likeness (QED) is 0.893. The fourth-order valence-electron chi connectivity index (χ4n) is 3.09. The Bertz CT molecular complexity index is 720. The minimum atomic E-state index is -0.0413. The number of aryl methyl sites for hydroxylation is 1. The van der Waals surface area contributed by atoms with Crippen LogP contribution in [-0.2, 0) is 4.79 Å². The number of piperidine rings is 1. The summed E-state index contributed by atoms with van der Waals surface area (Å²) in [5, 5.41) is 3.95. The number of hydrogen-bond donors (Lipinski definition) is 2. The van der Waals surface area contributed by atoms with E-state index in [4.69, 9.17) is 0 Å². The smallest absolute Gasteiger partial charge is 0.270 e. The molecule has 0 bridgehead atoms. The van der Waals surface area contributed by atoms with Crippen molar-refractivity contribution in [3.05, 3.63) is 35.5 Å². The third-order valence-corrected chi connectivity index (χ3v) is 4.12. The second-order valence-corrected chi connectivity index (χ2v) is 6.06. The van der Waals surface area contributed by atoms with E-state index in [1.807, 2.05) is 36.1 Å². The van der Waals surface area contributed by atoms with Gasteiger partial charge in [-0.1, -0.05) is 12.1 Å². The first-order valence-corrected chi connectivity index (χ1v) is 7.68. The van der Waals surface area contributed by atoms with E-state index in [0.29, 0.717) is 12.2 Å². The van der Waals surface area contributed by atoms with E-state index in [9.17, 15) is 9.59 Å². The van der Waals surface area contributed by atoms with Gasteiger partial charge in [0.15, 0.2) is 0 Å².